The molecule has 1 aromatic carbocycles. The van der Waals surface area contributed by atoms with Crippen LogP contribution in [0.5, 0.6) is 11.5 Å². The van der Waals surface area contributed by atoms with E-state index in [0.717, 1.165) is 11.4 Å². The zero-order valence-corrected chi connectivity index (χ0v) is 13.6. The van der Waals surface area contributed by atoms with Gasteiger partial charge in [0.1, 0.15) is 0 Å². The van der Waals surface area contributed by atoms with Crippen LogP contribution in [0.15, 0.2) is 29.4 Å². The van der Waals surface area contributed by atoms with Crippen molar-refractivity contribution in [3.8, 4) is 11.5 Å². The van der Waals surface area contributed by atoms with Gasteiger partial charge in [-0.05, 0) is 32.0 Å². The number of halogens is 2. The number of carbonyl (C=O) groups is 1. The minimum Gasteiger partial charge on any atom is -0.395 e. The summed E-state index contributed by atoms with van der Waals surface area (Å²) in [5.41, 5.74) is 1.98. The largest absolute Gasteiger partial charge is 0.586 e. The lowest BCUT2D eigenvalue weighted by Crippen LogP contribution is -2.25. The van der Waals surface area contributed by atoms with Gasteiger partial charge in [0.25, 0.3) is 0 Å². The molecule has 126 valence electrons. The van der Waals surface area contributed by atoms with Crippen molar-refractivity contribution in [2.45, 2.75) is 25.3 Å². The fraction of sp³-hybridized carbons (Fsp3) is 0.267. The average molecular weight is 353 g/mol. The third-order valence-corrected chi connectivity index (χ3v) is 3.83. The molecule has 1 aliphatic rings. The minimum atomic E-state index is -3.68. The molecule has 0 aliphatic carbocycles. The Morgan fingerprint density at radius 3 is 2.54 bits per heavy atom. The number of amides is 1. The standard InChI is InChI=1S/C15H13F2N3O3S/c1-8-5-9(2)19-14(18-8)24-7-13(21)20-10-3-4-11-12(6-10)23-15(16,17)22-11/h3-6H,7H2,1-2H3,(H,20,21). The number of nitrogens with one attached hydrogen (secondary N) is 1. The molecule has 1 aromatic heterocycles. The lowest BCUT2D eigenvalue weighted by Gasteiger charge is -2.06. The second kappa shape index (κ2) is 6.23. The molecular weight excluding hydrogens is 340 g/mol. The van der Waals surface area contributed by atoms with Crippen molar-refractivity contribution in [3.63, 3.8) is 0 Å². The quantitative estimate of drug-likeness (QED) is 0.672. The van der Waals surface area contributed by atoms with Gasteiger partial charge < -0.3 is 14.8 Å². The number of aryl methyl sites for hydroxylation is 2. The predicted octanol–water partition coefficient (Wildman–Crippen LogP) is 3.15. The van der Waals surface area contributed by atoms with Crippen LogP contribution in [0.2, 0.25) is 0 Å². The second-order valence-electron chi connectivity index (χ2n) is 5.10. The summed E-state index contributed by atoms with van der Waals surface area (Å²) >= 11 is 1.19. The summed E-state index contributed by atoms with van der Waals surface area (Å²) in [6.45, 7) is 3.70. The number of aromatic nitrogens is 2. The van der Waals surface area contributed by atoms with Crippen molar-refractivity contribution >= 4 is 23.4 Å². The Morgan fingerprint density at radius 1 is 1.17 bits per heavy atom. The van der Waals surface area contributed by atoms with Gasteiger partial charge in [0.05, 0.1) is 5.75 Å². The number of ether oxygens (including phenoxy) is 2. The fourth-order valence-electron chi connectivity index (χ4n) is 2.11. The van der Waals surface area contributed by atoms with E-state index in [9.17, 15) is 13.6 Å². The van der Waals surface area contributed by atoms with Crippen LogP contribution in [0.3, 0.4) is 0 Å². The molecule has 0 saturated carbocycles. The molecule has 0 fully saturated rings. The maximum atomic E-state index is 13.0. The van der Waals surface area contributed by atoms with E-state index in [4.69, 9.17) is 0 Å². The molecular formula is C15H13F2N3O3S. The molecule has 1 aliphatic heterocycles. The predicted molar refractivity (Wildman–Crippen MR) is 83.5 cm³/mol. The normalized spacial score (nSPS) is 14.5. The Labute approximate surface area is 140 Å². The molecule has 2 heterocycles. The van der Waals surface area contributed by atoms with Gasteiger partial charge in [-0.2, -0.15) is 0 Å². The number of alkyl halides is 2. The Balaban J connectivity index is 1.60. The maximum Gasteiger partial charge on any atom is 0.586 e. The Morgan fingerprint density at radius 2 is 1.83 bits per heavy atom. The van der Waals surface area contributed by atoms with Gasteiger partial charge in [0.2, 0.25) is 5.91 Å². The second-order valence-corrected chi connectivity index (χ2v) is 6.04. The van der Waals surface area contributed by atoms with Crippen LogP contribution >= 0.6 is 11.8 Å². The Hall–Kier alpha value is -2.42. The number of anilines is 1. The summed E-state index contributed by atoms with van der Waals surface area (Å²) in [5, 5.41) is 3.11. The Bertz CT molecular complexity index is 781. The van der Waals surface area contributed by atoms with Crippen molar-refractivity contribution in [1.82, 2.24) is 9.97 Å². The van der Waals surface area contributed by atoms with E-state index in [0.29, 0.717) is 10.8 Å². The molecule has 0 atom stereocenters. The van der Waals surface area contributed by atoms with Gasteiger partial charge in [0, 0.05) is 23.1 Å². The average Bonchev–Trinajstić information content (AvgIpc) is 2.77. The molecule has 0 bridgehead atoms. The fourth-order valence-corrected chi connectivity index (χ4v) is 2.86. The third-order valence-electron chi connectivity index (χ3n) is 2.98. The highest BCUT2D eigenvalue weighted by molar-refractivity contribution is 7.99. The van der Waals surface area contributed by atoms with E-state index in [1.165, 1.54) is 30.0 Å². The molecule has 6 nitrogen and oxygen atoms in total. The van der Waals surface area contributed by atoms with Crippen LogP contribution in [-0.4, -0.2) is 27.9 Å². The molecule has 0 radical (unpaired) electrons. The number of benzene rings is 1. The highest BCUT2D eigenvalue weighted by atomic mass is 32.2. The summed E-state index contributed by atoms with van der Waals surface area (Å²) in [6.07, 6.45) is -3.68. The number of fused-ring (bicyclic) bond motifs is 1. The van der Waals surface area contributed by atoms with Crippen molar-refractivity contribution in [1.29, 1.82) is 0 Å². The number of rotatable bonds is 4. The zero-order valence-electron chi connectivity index (χ0n) is 12.8. The molecule has 1 amide bonds. The van der Waals surface area contributed by atoms with Gasteiger partial charge in [-0.1, -0.05) is 11.8 Å². The third kappa shape index (κ3) is 3.91. The Kier molecular flexibility index (Phi) is 4.27. The zero-order chi connectivity index (χ0) is 17.3. The van der Waals surface area contributed by atoms with Gasteiger partial charge in [-0.15, -0.1) is 8.78 Å². The summed E-state index contributed by atoms with van der Waals surface area (Å²) < 4.78 is 34.5. The molecule has 2 aromatic rings. The monoisotopic (exact) mass is 353 g/mol. The first-order valence-electron chi connectivity index (χ1n) is 6.95. The number of thioether (sulfide) groups is 1. The van der Waals surface area contributed by atoms with Crippen molar-refractivity contribution in [2.75, 3.05) is 11.1 Å². The molecule has 1 N–H and O–H groups in total. The summed E-state index contributed by atoms with van der Waals surface area (Å²) in [6, 6.07) is 5.89. The van der Waals surface area contributed by atoms with Crippen molar-refractivity contribution in [3.05, 3.63) is 35.7 Å². The van der Waals surface area contributed by atoms with Crippen LogP contribution in [0.25, 0.3) is 0 Å². The van der Waals surface area contributed by atoms with Crippen LogP contribution in [0, 0.1) is 13.8 Å². The first kappa shape index (κ1) is 16.4. The summed E-state index contributed by atoms with van der Waals surface area (Å²) in [5.74, 6) is -0.416. The van der Waals surface area contributed by atoms with E-state index >= 15 is 0 Å². The topological polar surface area (TPSA) is 73.3 Å². The first-order chi connectivity index (χ1) is 11.3. The number of hydrogen-bond donors (Lipinski definition) is 1. The van der Waals surface area contributed by atoms with Crippen molar-refractivity contribution < 1.29 is 23.0 Å². The van der Waals surface area contributed by atoms with Crippen LogP contribution in [0.4, 0.5) is 14.5 Å². The molecule has 3 rings (SSSR count). The van der Waals surface area contributed by atoms with E-state index in [-0.39, 0.29) is 23.2 Å². The van der Waals surface area contributed by atoms with E-state index in [1.807, 2.05) is 19.9 Å². The molecule has 0 saturated heterocycles. The number of hydrogen-bond acceptors (Lipinski definition) is 6. The van der Waals surface area contributed by atoms with Gasteiger partial charge in [-0.25, -0.2) is 9.97 Å². The molecule has 0 unspecified atom stereocenters. The van der Waals surface area contributed by atoms with Gasteiger partial charge in [0.15, 0.2) is 16.7 Å². The SMILES string of the molecule is Cc1cc(C)nc(SCC(=O)Nc2ccc3c(c2)OC(F)(F)O3)n1. The number of carbonyl (C=O) groups excluding carboxylic acids is 1. The van der Waals surface area contributed by atoms with E-state index in [2.05, 4.69) is 24.8 Å². The van der Waals surface area contributed by atoms with Crippen LogP contribution < -0.4 is 14.8 Å². The summed E-state index contributed by atoms with van der Waals surface area (Å²) in [7, 11) is 0. The van der Waals surface area contributed by atoms with Crippen LogP contribution in [-0.2, 0) is 4.79 Å². The van der Waals surface area contributed by atoms with E-state index < -0.39 is 6.29 Å². The number of nitrogens with zero attached hydrogens (tertiary/aromatic N) is 2. The molecule has 9 heteroatoms. The first-order valence-corrected chi connectivity index (χ1v) is 7.94. The summed E-state index contributed by atoms with van der Waals surface area (Å²) in [4.78, 5) is 20.4. The van der Waals surface area contributed by atoms with Crippen LogP contribution in [0.1, 0.15) is 11.4 Å². The molecule has 0 spiro atoms. The minimum absolute atomic E-state index is 0.0731. The van der Waals surface area contributed by atoms with Crippen molar-refractivity contribution in [2.24, 2.45) is 0 Å². The molecule has 24 heavy (non-hydrogen) atoms. The smallest absolute Gasteiger partial charge is 0.395 e. The van der Waals surface area contributed by atoms with Gasteiger partial charge >= 0.3 is 6.29 Å². The highest BCUT2D eigenvalue weighted by Gasteiger charge is 2.43. The maximum absolute atomic E-state index is 13.0. The lowest BCUT2D eigenvalue weighted by atomic mass is 10.3. The highest BCUT2D eigenvalue weighted by Crippen LogP contribution is 2.42. The lowest BCUT2D eigenvalue weighted by molar-refractivity contribution is -0.286. The van der Waals surface area contributed by atoms with E-state index in [1.54, 1.807) is 0 Å². The van der Waals surface area contributed by atoms with Gasteiger partial charge in [-0.3, -0.25) is 4.79 Å².